The SMILES string of the molecule is Cc1ccc(-c2nc(CC(=O)N3CCC[C@H](C(=O)O)C3)cs2)o1. The summed E-state index contributed by atoms with van der Waals surface area (Å²) in [5.41, 5.74) is 0.696. The van der Waals surface area contributed by atoms with Crippen LogP contribution in [0.2, 0.25) is 0 Å². The highest BCUT2D eigenvalue weighted by Crippen LogP contribution is 2.26. The molecule has 0 aromatic carbocycles. The van der Waals surface area contributed by atoms with Crippen LogP contribution in [0, 0.1) is 12.8 Å². The molecule has 3 rings (SSSR count). The third-order valence-corrected chi connectivity index (χ3v) is 4.86. The monoisotopic (exact) mass is 334 g/mol. The molecule has 0 spiro atoms. The lowest BCUT2D eigenvalue weighted by Crippen LogP contribution is -2.43. The lowest BCUT2D eigenvalue weighted by molar-refractivity contribution is -0.145. The molecule has 7 heteroatoms. The van der Waals surface area contributed by atoms with E-state index in [2.05, 4.69) is 4.98 Å². The lowest BCUT2D eigenvalue weighted by Gasteiger charge is -2.30. The van der Waals surface area contributed by atoms with Gasteiger partial charge in [0.2, 0.25) is 5.91 Å². The van der Waals surface area contributed by atoms with Crippen molar-refractivity contribution in [3.8, 4) is 10.8 Å². The number of amides is 1. The summed E-state index contributed by atoms with van der Waals surface area (Å²) >= 11 is 1.44. The fourth-order valence-corrected chi connectivity index (χ4v) is 3.50. The number of hydrogen-bond acceptors (Lipinski definition) is 5. The Hall–Kier alpha value is -2.15. The Morgan fingerprint density at radius 3 is 3.00 bits per heavy atom. The zero-order valence-electron chi connectivity index (χ0n) is 12.8. The van der Waals surface area contributed by atoms with Crippen LogP contribution in [-0.4, -0.2) is 40.0 Å². The van der Waals surface area contributed by atoms with Crippen LogP contribution in [-0.2, 0) is 16.0 Å². The number of aromatic nitrogens is 1. The van der Waals surface area contributed by atoms with Gasteiger partial charge in [0.1, 0.15) is 5.76 Å². The number of carboxylic acid groups (broad SMARTS) is 1. The molecule has 0 unspecified atom stereocenters. The van der Waals surface area contributed by atoms with E-state index < -0.39 is 11.9 Å². The van der Waals surface area contributed by atoms with Gasteiger partial charge in [0.15, 0.2) is 10.8 Å². The van der Waals surface area contributed by atoms with Gasteiger partial charge in [-0.05, 0) is 31.9 Å². The van der Waals surface area contributed by atoms with E-state index in [4.69, 9.17) is 9.52 Å². The van der Waals surface area contributed by atoms with Crippen LogP contribution in [0.1, 0.15) is 24.3 Å². The molecule has 0 aliphatic carbocycles. The molecule has 1 N–H and O–H groups in total. The number of nitrogens with zero attached hydrogens (tertiary/aromatic N) is 2. The first-order valence-corrected chi connectivity index (χ1v) is 8.42. The first kappa shape index (κ1) is 15.7. The Bertz CT molecular complexity index is 721. The lowest BCUT2D eigenvalue weighted by atomic mass is 9.98. The molecule has 2 aromatic heterocycles. The van der Waals surface area contributed by atoms with Crippen LogP contribution in [0.4, 0.5) is 0 Å². The molecule has 122 valence electrons. The van der Waals surface area contributed by atoms with Crippen molar-refractivity contribution in [3.63, 3.8) is 0 Å². The summed E-state index contributed by atoms with van der Waals surface area (Å²) in [6.07, 6.45) is 1.57. The maximum absolute atomic E-state index is 12.4. The first-order chi connectivity index (χ1) is 11.0. The van der Waals surface area contributed by atoms with Crippen molar-refractivity contribution in [2.24, 2.45) is 5.92 Å². The molecule has 0 saturated carbocycles. The van der Waals surface area contributed by atoms with Crippen LogP contribution in [0.25, 0.3) is 10.8 Å². The minimum Gasteiger partial charge on any atom is -0.481 e. The summed E-state index contributed by atoms with van der Waals surface area (Å²) < 4.78 is 5.53. The van der Waals surface area contributed by atoms with Crippen molar-refractivity contribution in [1.82, 2.24) is 9.88 Å². The number of thiazole rings is 1. The van der Waals surface area contributed by atoms with Gasteiger partial charge >= 0.3 is 5.97 Å². The molecule has 1 amide bonds. The van der Waals surface area contributed by atoms with Crippen molar-refractivity contribution in [2.45, 2.75) is 26.2 Å². The number of rotatable bonds is 4. The number of aliphatic carboxylic acids is 1. The van der Waals surface area contributed by atoms with Gasteiger partial charge in [0, 0.05) is 18.5 Å². The molecule has 1 aliphatic heterocycles. The van der Waals surface area contributed by atoms with Crippen LogP contribution in [0.3, 0.4) is 0 Å². The number of aryl methyl sites for hydroxylation is 1. The van der Waals surface area contributed by atoms with Crippen molar-refractivity contribution >= 4 is 23.2 Å². The smallest absolute Gasteiger partial charge is 0.308 e. The first-order valence-electron chi connectivity index (χ1n) is 7.54. The van der Waals surface area contributed by atoms with Crippen molar-refractivity contribution in [2.75, 3.05) is 13.1 Å². The van der Waals surface area contributed by atoms with Crippen LogP contribution in [0.5, 0.6) is 0 Å². The summed E-state index contributed by atoms with van der Waals surface area (Å²) in [4.78, 5) is 29.5. The fraction of sp³-hybridized carbons (Fsp3) is 0.438. The number of likely N-dealkylation sites (tertiary alicyclic amines) is 1. The molecule has 0 radical (unpaired) electrons. The molecule has 0 bridgehead atoms. The van der Waals surface area contributed by atoms with Gasteiger partial charge in [0.05, 0.1) is 18.0 Å². The third-order valence-electron chi connectivity index (χ3n) is 3.96. The quantitative estimate of drug-likeness (QED) is 0.929. The zero-order chi connectivity index (χ0) is 16.4. The fourth-order valence-electron chi connectivity index (χ4n) is 2.72. The van der Waals surface area contributed by atoms with Crippen molar-refractivity contribution < 1.29 is 19.1 Å². The Morgan fingerprint density at radius 1 is 1.48 bits per heavy atom. The molecule has 6 nitrogen and oxygen atoms in total. The van der Waals surface area contributed by atoms with Crippen LogP contribution in [0.15, 0.2) is 21.9 Å². The maximum atomic E-state index is 12.4. The molecule has 1 aliphatic rings. The minimum absolute atomic E-state index is 0.0663. The predicted molar refractivity (Wildman–Crippen MR) is 85.2 cm³/mol. The molecular weight excluding hydrogens is 316 g/mol. The second-order valence-electron chi connectivity index (χ2n) is 5.75. The average Bonchev–Trinajstić information content (AvgIpc) is 3.16. The van der Waals surface area contributed by atoms with E-state index in [1.807, 2.05) is 24.4 Å². The van der Waals surface area contributed by atoms with E-state index in [9.17, 15) is 9.59 Å². The Balaban J connectivity index is 1.64. The standard InChI is InChI=1S/C16H18N2O4S/c1-10-4-5-13(22-10)15-17-12(9-23-15)7-14(19)18-6-2-3-11(8-18)16(20)21/h4-5,9,11H,2-3,6-8H2,1H3,(H,20,21)/t11-/m0/s1. The van der Waals surface area contributed by atoms with Gasteiger partial charge in [-0.2, -0.15) is 0 Å². The molecule has 1 atom stereocenters. The largest absolute Gasteiger partial charge is 0.481 e. The molecule has 3 heterocycles. The maximum Gasteiger partial charge on any atom is 0.308 e. The van der Waals surface area contributed by atoms with E-state index in [0.717, 1.165) is 17.2 Å². The summed E-state index contributed by atoms with van der Waals surface area (Å²) in [6, 6.07) is 3.74. The molecular formula is C16H18N2O4S. The molecule has 1 saturated heterocycles. The highest BCUT2D eigenvalue weighted by atomic mass is 32.1. The third kappa shape index (κ3) is 3.61. The highest BCUT2D eigenvalue weighted by Gasteiger charge is 2.28. The van der Waals surface area contributed by atoms with Gasteiger partial charge in [0.25, 0.3) is 0 Å². The average molecular weight is 334 g/mol. The number of carbonyl (C=O) groups is 2. The number of piperidine rings is 1. The van der Waals surface area contributed by atoms with Gasteiger partial charge in [-0.1, -0.05) is 0 Å². The molecule has 2 aromatic rings. The number of carbonyl (C=O) groups excluding carboxylic acids is 1. The molecule has 23 heavy (non-hydrogen) atoms. The molecule has 1 fully saturated rings. The van der Waals surface area contributed by atoms with Gasteiger partial charge in [-0.15, -0.1) is 11.3 Å². The van der Waals surface area contributed by atoms with Crippen LogP contribution >= 0.6 is 11.3 Å². The Labute approximate surface area is 137 Å². The Kier molecular flexibility index (Phi) is 4.47. The number of carboxylic acids is 1. The predicted octanol–water partition coefficient (Wildman–Crippen LogP) is 2.58. The summed E-state index contributed by atoms with van der Waals surface area (Å²) in [5.74, 6) is 0.177. The van der Waals surface area contributed by atoms with E-state index in [1.54, 1.807) is 4.90 Å². The topological polar surface area (TPSA) is 83.6 Å². The normalized spacial score (nSPS) is 18.1. The van der Waals surface area contributed by atoms with E-state index in [-0.39, 0.29) is 12.3 Å². The number of hydrogen-bond donors (Lipinski definition) is 1. The van der Waals surface area contributed by atoms with Gasteiger partial charge in [-0.25, -0.2) is 4.98 Å². The minimum atomic E-state index is -0.827. The van der Waals surface area contributed by atoms with E-state index >= 15 is 0 Å². The summed E-state index contributed by atoms with van der Waals surface area (Å²) in [7, 11) is 0. The van der Waals surface area contributed by atoms with E-state index in [0.29, 0.717) is 31.0 Å². The second-order valence-corrected chi connectivity index (χ2v) is 6.61. The zero-order valence-corrected chi connectivity index (χ0v) is 13.6. The van der Waals surface area contributed by atoms with Gasteiger partial charge in [-0.3, -0.25) is 9.59 Å². The van der Waals surface area contributed by atoms with Crippen molar-refractivity contribution in [1.29, 1.82) is 0 Å². The van der Waals surface area contributed by atoms with Crippen LogP contribution < -0.4 is 0 Å². The summed E-state index contributed by atoms with van der Waals surface area (Å²) in [5, 5.41) is 11.7. The Morgan fingerprint density at radius 2 is 2.30 bits per heavy atom. The summed E-state index contributed by atoms with van der Waals surface area (Å²) in [6.45, 7) is 2.79. The van der Waals surface area contributed by atoms with Gasteiger partial charge < -0.3 is 14.4 Å². The highest BCUT2D eigenvalue weighted by molar-refractivity contribution is 7.13. The van der Waals surface area contributed by atoms with E-state index in [1.165, 1.54) is 11.3 Å². The van der Waals surface area contributed by atoms with Crippen molar-refractivity contribution in [3.05, 3.63) is 29.0 Å². The number of furan rings is 1. The second kappa shape index (κ2) is 6.54.